The summed E-state index contributed by atoms with van der Waals surface area (Å²) in [6, 6.07) is 7.98. The summed E-state index contributed by atoms with van der Waals surface area (Å²) in [5.41, 5.74) is 2.40. The van der Waals surface area contributed by atoms with Gasteiger partial charge >= 0.3 is 5.69 Å². The van der Waals surface area contributed by atoms with Crippen LogP contribution in [0.1, 0.15) is 47.0 Å². The van der Waals surface area contributed by atoms with E-state index in [1.54, 1.807) is 24.3 Å². The zero-order valence-corrected chi connectivity index (χ0v) is 15.3. The second-order valence-corrected chi connectivity index (χ2v) is 6.86. The van der Waals surface area contributed by atoms with Gasteiger partial charge in [-0.15, -0.1) is 0 Å². The van der Waals surface area contributed by atoms with E-state index >= 15 is 0 Å². The van der Waals surface area contributed by atoms with Crippen molar-refractivity contribution in [2.75, 3.05) is 0 Å². The summed E-state index contributed by atoms with van der Waals surface area (Å²) in [5.74, 6) is 0.357. The molecule has 0 amide bonds. The highest BCUT2D eigenvalue weighted by atomic mass is 16.6. The Morgan fingerprint density at radius 3 is 2.64 bits per heavy atom. The molecule has 0 saturated carbocycles. The molecule has 0 aliphatic heterocycles. The first-order chi connectivity index (χ1) is 13.5. The molecule has 4 rings (SSSR count). The van der Waals surface area contributed by atoms with Gasteiger partial charge in [0.2, 0.25) is 5.75 Å². The van der Waals surface area contributed by atoms with Crippen molar-refractivity contribution >= 4 is 34.3 Å². The van der Waals surface area contributed by atoms with Gasteiger partial charge in [-0.3, -0.25) is 19.9 Å². The Balaban J connectivity index is 1.86. The molecule has 1 N–H and O–H groups in total. The van der Waals surface area contributed by atoms with E-state index in [-0.39, 0.29) is 11.3 Å². The molecule has 0 unspecified atom stereocenters. The van der Waals surface area contributed by atoms with Crippen LogP contribution in [0.2, 0.25) is 0 Å². The fourth-order valence-corrected chi connectivity index (χ4v) is 3.62. The Morgan fingerprint density at radius 2 is 1.96 bits per heavy atom. The largest absolute Gasteiger partial charge is 0.502 e. The Kier molecular flexibility index (Phi) is 4.43. The maximum Gasteiger partial charge on any atom is 0.315 e. The van der Waals surface area contributed by atoms with Crippen LogP contribution in [0, 0.1) is 10.1 Å². The molecule has 1 heterocycles. The lowest BCUT2D eigenvalue weighted by atomic mass is 9.93. The van der Waals surface area contributed by atoms with Crippen molar-refractivity contribution in [2.24, 2.45) is 4.99 Å². The van der Waals surface area contributed by atoms with Crippen molar-refractivity contribution in [2.45, 2.75) is 32.6 Å². The maximum absolute atomic E-state index is 11.4. The lowest BCUT2D eigenvalue weighted by Gasteiger charge is -2.10. The van der Waals surface area contributed by atoms with Gasteiger partial charge in [-0.1, -0.05) is 0 Å². The number of aryl methyl sites for hydroxylation is 2. The van der Waals surface area contributed by atoms with Gasteiger partial charge in [-0.2, -0.15) is 0 Å². The number of rotatable bonds is 4. The van der Waals surface area contributed by atoms with E-state index in [0.29, 0.717) is 22.2 Å². The van der Waals surface area contributed by atoms with Crippen molar-refractivity contribution < 1.29 is 19.2 Å². The van der Waals surface area contributed by atoms with Crippen molar-refractivity contribution in [3.05, 3.63) is 62.9 Å². The molecule has 0 radical (unpaired) electrons. The fourth-order valence-electron chi connectivity index (χ4n) is 3.62. The Labute approximate surface area is 160 Å². The first kappa shape index (κ1) is 17.9. The third-order valence-electron chi connectivity index (χ3n) is 5.05. The third kappa shape index (κ3) is 3.05. The standard InChI is InChI=1S/C21H18N2O5/c1-12(24)13-6-8-14(9-7-13)22-11-16-20-15-4-2-3-5-18(15)28-19(20)10-17(21(16)25)23(26)27/h6-11,25H,2-5H2,1H3. The van der Waals surface area contributed by atoms with E-state index in [4.69, 9.17) is 4.42 Å². The van der Waals surface area contributed by atoms with Crippen molar-refractivity contribution in [3.8, 4) is 5.75 Å². The van der Waals surface area contributed by atoms with Crippen LogP contribution in [0.4, 0.5) is 11.4 Å². The van der Waals surface area contributed by atoms with Crippen LogP contribution >= 0.6 is 0 Å². The summed E-state index contributed by atoms with van der Waals surface area (Å²) in [6.45, 7) is 1.48. The average Bonchev–Trinajstić information content (AvgIpc) is 3.05. The predicted molar refractivity (Wildman–Crippen MR) is 105 cm³/mol. The van der Waals surface area contributed by atoms with E-state index in [1.807, 2.05) is 0 Å². The number of hydrogen-bond donors (Lipinski definition) is 1. The van der Waals surface area contributed by atoms with E-state index in [9.17, 15) is 20.0 Å². The Morgan fingerprint density at radius 1 is 1.25 bits per heavy atom. The number of carbonyl (C=O) groups is 1. The number of Topliss-reactive ketones (excluding diaryl/α,β-unsaturated/α-hetero) is 1. The van der Waals surface area contributed by atoms with Crippen molar-refractivity contribution in [1.29, 1.82) is 0 Å². The highest BCUT2D eigenvalue weighted by molar-refractivity contribution is 6.05. The summed E-state index contributed by atoms with van der Waals surface area (Å²) >= 11 is 0. The van der Waals surface area contributed by atoms with Crippen LogP contribution < -0.4 is 0 Å². The molecule has 142 valence electrons. The number of nitrogens with zero attached hydrogens (tertiary/aromatic N) is 2. The number of carbonyl (C=O) groups excluding carboxylic acids is 1. The van der Waals surface area contributed by atoms with Crippen LogP contribution in [0.3, 0.4) is 0 Å². The smallest absolute Gasteiger partial charge is 0.315 e. The molecule has 2 aromatic carbocycles. The fraction of sp³-hybridized carbons (Fsp3) is 0.238. The molecule has 0 bridgehead atoms. The first-order valence-corrected chi connectivity index (χ1v) is 9.05. The number of furan rings is 1. The number of aromatic hydroxyl groups is 1. The minimum atomic E-state index is -0.630. The number of phenols is 1. The number of hydrogen-bond acceptors (Lipinski definition) is 6. The molecular formula is C21H18N2O5. The summed E-state index contributed by atoms with van der Waals surface area (Å²) in [5, 5.41) is 22.6. The average molecular weight is 378 g/mol. The predicted octanol–water partition coefficient (Wildman–Crippen LogP) is 4.88. The highest BCUT2D eigenvalue weighted by Gasteiger charge is 2.27. The van der Waals surface area contributed by atoms with Crippen molar-refractivity contribution in [3.63, 3.8) is 0 Å². The quantitative estimate of drug-likeness (QED) is 0.301. The van der Waals surface area contributed by atoms with E-state index in [0.717, 1.165) is 37.0 Å². The van der Waals surface area contributed by atoms with Crippen LogP contribution in [-0.2, 0) is 12.8 Å². The number of benzene rings is 2. The lowest BCUT2D eigenvalue weighted by molar-refractivity contribution is -0.385. The summed E-state index contributed by atoms with van der Waals surface area (Å²) < 4.78 is 5.86. The van der Waals surface area contributed by atoms with Crippen LogP contribution in [0.25, 0.3) is 11.0 Å². The normalized spacial score (nSPS) is 13.8. The molecule has 0 spiro atoms. The molecule has 7 nitrogen and oxygen atoms in total. The van der Waals surface area contributed by atoms with Gasteiger partial charge in [-0.05, 0) is 50.5 Å². The molecular weight excluding hydrogens is 360 g/mol. The zero-order valence-electron chi connectivity index (χ0n) is 15.3. The monoisotopic (exact) mass is 378 g/mol. The number of aliphatic imine (C=N–C) groups is 1. The van der Waals surface area contributed by atoms with E-state index < -0.39 is 16.4 Å². The van der Waals surface area contributed by atoms with E-state index in [1.165, 1.54) is 19.2 Å². The molecule has 1 aliphatic carbocycles. The number of nitro groups is 1. The van der Waals surface area contributed by atoms with Crippen LogP contribution in [0.5, 0.6) is 5.75 Å². The van der Waals surface area contributed by atoms with Gasteiger partial charge in [0, 0.05) is 29.1 Å². The second-order valence-electron chi connectivity index (χ2n) is 6.86. The minimum absolute atomic E-state index is 0.0430. The third-order valence-corrected chi connectivity index (χ3v) is 5.05. The van der Waals surface area contributed by atoms with Crippen LogP contribution in [-0.4, -0.2) is 22.0 Å². The summed E-state index contributed by atoms with van der Waals surface area (Å²) in [4.78, 5) is 26.5. The second kappa shape index (κ2) is 6.92. The molecule has 1 aliphatic rings. The Bertz CT molecular complexity index is 1130. The number of fused-ring (bicyclic) bond motifs is 3. The first-order valence-electron chi connectivity index (χ1n) is 9.05. The molecule has 1 aromatic heterocycles. The van der Waals surface area contributed by atoms with Crippen LogP contribution in [0.15, 0.2) is 39.7 Å². The minimum Gasteiger partial charge on any atom is -0.502 e. The van der Waals surface area contributed by atoms with Gasteiger partial charge in [0.15, 0.2) is 5.78 Å². The maximum atomic E-state index is 11.4. The van der Waals surface area contributed by atoms with Gasteiger partial charge in [0.05, 0.1) is 22.2 Å². The molecule has 7 heteroatoms. The molecule has 0 atom stereocenters. The lowest BCUT2D eigenvalue weighted by Crippen LogP contribution is -2.00. The topological polar surface area (TPSA) is 106 Å². The Hall–Kier alpha value is -3.48. The summed E-state index contributed by atoms with van der Waals surface area (Å²) in [6.07, 6.45) is 5.02. The van der Waals surface area contributed by atoms with Gasteiger partial charge < -0.3 is 9.52 Å². The zero-order chi connectivity index (χ0) is 19.8. The number of nitro benzene ring substituents is 1. The molecule has 28 heavy (non-hydrogen) atoms. The van der Waals surface area contributed by atoms with Gasteiger partial charge in [-0.25, -0.2) is 0 Å². The molecule has 3 aromatic rings. The van der Waals surface area contributed by atoms with E-state index in [2.05, 4.69) is 4.99 Å². The van der Waals surface area contributed by atoms with Crippen molar-refractivity contribution in [1.82, 2.24) is 0 Å². The SMILES string of the molecule is CC(=O)c1ccc(N=Cc2c(O)c([N+](=O)[O-])cc3oc4c(c23)CCCC4)cc1. The summed E-state index contributed by atoms with van der Waals surface area (Å²) in [7, 11) is 0. The molecule has 0 saturated heterocycles. The number of phenolic OH excluding ortho intramolecular Hbond substituents is 1. The van der Waals surface area contributed by atoms with Gasteiger partial charge in [0.1, 0.15) is 11.3 Å². The number of ketones is 1. The highest BCUT2D eigenvalue weighted by Crippen LogP contribution is 2.41. The van der Waals surface area contributed by atoms with Gasteiger partial charge in [0.25, 0.3) is 0 Å². The molecule has 0 fully saturated rings.